The second kappa shape index (κ2) is 8.93. The van der Waals surface area contributed by atoms with Crippen molar-refractivity contribution in [3.63, 3.8) is 0 Å². The molecule has 3 aromatic rings. The lowest BCUT2D eigenvalue weighted by atomic mass is 10.2. The molecule has 3 aromatic heterocycles. The van der Waals surface area contributed by atoms with E-state index >= 15 is 0 Å². The third kappa shape index (κ3) is 5.24. The number of aromatic nitrogens is 2. The van der Waals surface area contributed by atoms with E-state index in [1.807, 2.05) is 24.4 Å². The van der Waals surface area contributed by atoms with Crippen LogP contribution in [0.15, 0.2) is 17.5 Å². The summed E-state index contributed by atoms with van der Waals surface area (Å²) in [6.45, 7) is 8.19. The summed E-state index contributed by atoms with van der Waals surface area (Å²) < 4.78 is 0. The molecule has 9 heteroatoms. The maximum absolute atomic E-state index is 12.4. The molecular weight excluding hydrogens is 412 g/mol. The predicted molar refractivity (Wildman–Crippen MR) is 116 cm³/mol. The number of aryl methyl sites for hydroxylation is 1. The van der Waals surface area contributed by atoms with E-state index in [0.717, 1.165) is 31.0 Å². The zero-order valence-corrected chi connectivity index (χ0v) is 18.6. The summed E-state index contributed by atoms with van der Waals surface area (Å²) in [6, 6.07) is 3.99. The minimum absolute atomic E-state index is 0.0505. The number of hydrogen-bond donors (Lipinski definition) is 2. The summed E-state index contributed by atoms with van der Waals surface area (Å²) in [7, 11) is 0. The SMILES string of the molecule is CC(=O)NCc1ccc(-c2nc(NC(=O)Cc3csc(C(C)C)n3)sc2C)s1. The van der Waals surface area contributed by atoms with E-state index in [9.17, 15) is 9.59 Å². The van der Waals surface area contributed by atoms with E-state index in [4.69, 9.17) is 0 Å². The summed E-state index contributed by atoms with van der Waals surface area (Å²) in [5, 5.41) is 9.26. The normalized spacial score (nSPS) is 11.0. The average Bonchev–Trinajstić information content (AvgIpc) is 3.33. The van der Waals surface area contributed by atoms with Crippen molar-refractivity contribution in [1.82, 2.24) is 15.3 Å². The molecule has 0 radical (unpaired) electrons. The molecule has 28 heavy (non-hydrogen) atoms. The van der Waals surface area contributed by atoms with Gasteiger partial charge in [0.25, 0.3) is 0 Å². The Bertz CT molecular complexity index is 987. The van der Waals surface area contributed by atoms with Gasteiger partial charge < -0.3 is 10.6 Å². The zero-order chi connectivity index (χ0) is 20.3. The first-order chi connectivity index (χ1) is 13.3. The highest BCUT2D eigenvalue weighted by molar-refractivity contribution is 7.18. The first-order valence-corrected chi connectivity index (χ1v) is 11.4. The second-order valence-electron chi connectivity index (χ2n) is 6.66. The van der Waals surface area contributed by atoms with E-state index in [1.54, 1.807) is 22.7 Å². The van der Waals surface area contributed by atoms with Gasteiger partial charge in [0.15, 0.2) is 5.13 Å². The van der Waals surface area contributed by atoms with Crippen LogP contribution in [-0.2, 0) is 22.6 Å². The number of anilines is 1. The third-order valence-electron chi connectivity index (χ3n) is 3.85. The number of nitrogens with zero attached hydrogens (tertiary/aromatic N) is 2. The van der Waals surface area contributed by atoms with Crippen LogP contribution in [0.4, 0.5) is 5.13 Å². The molecule has 3 heterocycles. The standard InChI is InChI=1S/C19H22N4O2S3/c1-10(2)18-21-13(9-26-18)7-16(25)22-19-23-17(11(3)27-19)15-6-5-14(28-15)8-20-12(4)24/h5-6,9-10H,7-8H2,1-4H3,(H,20,24)(H,22,23,25). The topological polar surface area (TPSA) is 84.0 Å². The van der Waals surface area contributed by atoms with Crippen molar-refractivity contribution >= 4 is 51.0 Å². The molecule has 0 spiro atoms. The second-order valence-corrected chi connectivity index (χ2v) is 9.92. The molecule has 0 aliphatic carbocycles. The molecule has 0 atom stereocenters. The molecule has 2 N–H and O–H groups in total. The lowest BCUT2D eigenvalue weighted by Gasteiger charge is -2.00. The minimum atomic E-state index is -0.113. The van der Waals surface area contributed by atoms with E-state index < -0.39 is 0 Å². The number of amides is 2. The van der Waals surface area contributed by atoms with Crippen LogP contribution in [0.3, 0.4) is 0 Å². The Labute approximate surface area is 176 Å². The Kier molecular flexibility index (Phi) is 6.58. The minimum Gasteiger partial charge on any atom is -0.351 e. The highest BCUT2D eigenvalue weighted by Crippen LogP contribution is 2.34. The first-order valence-electron chi connectivity index (χ1n) is 8.87. The Hall–Kier alpha value is -2.10. The van der Waals surface area contributed by atoms with Crippen LogP contribution in [-0.4, -0.2) is 21.8 Å². The Morgan fingerprint density at radius 3 is 2.64 bits per heavy atom. The van der Waals surface area contributed by atoms with Crippen molar-refractivity contribution in [2.24, 2.45) is 0 Å². The number of rotatable bonds is 7. The molecule has 0 aromatic carbocycles. The molecule has 148 valence electrons. The van der Waals surface area contributed by atoms with E-state index in [1.165, 1.54) is 18.3 Å². The number of thiophene rings is 1. The van der Waals surface area contributed by atoms with Gasteiger partial charge in [-0.05, 0) is 19.1 Å². The van der Waals surface area contributed by atoms with Crippen molar-refractivity contribution < 1.29 is 9.59 Å². The number of thiazole rings is 2. The number of carbonyl (C=O) groups excluding carboxylic acids is 2. The molecular formula is C19H22N4O2S3. The van der Waals surface area contributed by atoms with Crippen molar-refractivity contribution in [3.8, 4) is 10.6 Å². The van der Waals surface area contributed by atoms with Gasteiger partial charge in [-0.25, -0.2) is 9.97 Å². The lowest BCUT2D eigenvalue weighted by Crippen LogP contribution is -2.17. The zero-order valence-electron chi connectivity index (χ0n) is 16.2. The molecule has 0 aliphatic heterocycles. The van der Waals surface area contributed by atoms with Gasteiger partial charge in [-0.15, -0.1) is 34.0 Å². The number of hydrogen-bond acceptors (Lipinski definition) is 7. The van der Waals surface area contributed by atoms with E-state index in [-0.39, 0.29) is 18.2 Å². The maximum Gasteiger partial charge on any atom is 0.232 e. The van der Waals surface area contributed by atoms with Gasteiger partial charge in [0.05, 0.1) is 34.2 Å². The fourth-order valence-corrected chi connectivity index (χ4v) is 5.23. The highest BCUT2D eigenvalue weighted by Gasteiger charge is 2.15. The van der Waals surface area contributed by atoms with Crippen molar-refractivity contribution in [2.45, 2.75) is 46.6 Å². The molecule has 0 unspecified atom stereocenters. The summed E-state index contributed by atoms with van der Waals surface area (Å²) in [6.07, 6.45) is 0.247. The largest absolute Gasteiger partial charge is 0.351 e. The Morgan fingerprint density at radius 2 is 1.96 bits per heavy atom. The van der Waals surface area contributed by atoms with Gasteiger partial charge in [0.1, 0.15) is 0 Å². The monoisotopic (exact) mass is 434 g/mol. The molecule has 0 saturated carbocycles. The van der Waals surface area contributed by atoms with Gasteiger partial charge in [0.2, 0.25) is 11.8 Å². The molecule has 0 fully saturated rings. The van der Waals surface area contributed by atoms with Crippen LogP contribution in [0, 0.1) is 6.92 Å². The van der Waals surface area contributed by atoms with Crippen molar-refractivity contribution in [3.05, 3.63) is 38.0 Å². The van der Waals surface area contributed by atoms with Gasteiger partial charge in [-0.1, -0.05) is 13.8 Å². The van der Waals surface area contributed by atoms with E-state index in [2.05, 4.69) is 34.4 Å². The quantitative estimate of drug-likeness (QED) is 0.570. The maximum atomic E-state index is 12.4. The van der Waals surface area contributed by atoms with Crippen LogP contribution in [0.25, 0.3) is 10.6 Å². The van der Waals surface area contributed by atoms with Crippen LogP contribution in [0.1, 0.15) is 47.1 Å². The van der Waals surface area contributed by atoms with Gasteiger partial charge >= 0.3 is 0 Å². The summed E-state index contributed by atoms with van der Waals surface area (Å²) in [5.74, 6) is 0.205. The molecule has 0 aliphatic rings. The third-order valence-corrected chi connectivity index (χ3v) is 7.03. The van der Waals surface area contributed by atoms with Crippen molar-refractivity contribution in [2.75, 3.05) is 5.32 Å². The van der Waals surface area contributed by atoms with E-state index in [0.29, 0.717) is 17.6 Å². The smallest absolute Gasteiger partial charge is 0.232 e. The van der Waals surface area contributed by atoms with Gasteiger partial charge in [-0.2, -0.15) is 0 Å². The fraction of sp³-hybridized carbons (Fsp3) is 0.368. The Balaban J connectivity index is 1.64. The van der Waals surface area contributed by atoms with Crippen LogP contribution in [0.5, 0.6) is 0 Å². The van der Waals surface area contributed by atoms with Crippen molar-refractivity contribution in [1.29, 1.82) is 0 Å². The van der Waals surface area contributed by atoms with Gasteiger partial charge in [-0.3, -0.25) is 9.59 Å². The molecule has 2 amide bonds. The average molecular weight is 435 g/mol. The lowest BCUT2D eigenvalue weighted by molar-refractivity contribution is -0.119. The molecule has 6 nitrogen and oxygen atoms in total. The highest BCUT2D eigenvalue weighted by atomic mass is 32.1. The molecule has 3 rings (SSSR count). The summed E-state index contributed by atoms with van der Waals surface area (Å²) in [5.41, 5.74) is 1.66. The Morgan fingerprint density at radius 1 is 1.18 bits per heavy atom. The molecule has 0 saturated heterocycles. The van der Waals surface area contributed by atoms with Crippen LogP contribution >= 0.6 is 34.0 Å². The summed E-state index contributed by atoms with van der Waals surface area (Å²) in [4.78, 5) is 35.6. The number of nitrogens with one attached hydrogen (secondary N) is 2. The van der Waals surface area contributed by atoms with Crippen LogP contribution < -0.4 is 10.6 Å². The first kappa shape index (κ1) is 20.6. The van der Waals surface area contributed by atoms with Gasteiger partial charge in [0, 0.05) is 28.0 Å². The van der Waals surface area contributed by atoms with Crippen LogP contribution in [0.2, 0.25) is 0 Å². The predicted octanol–water partition coefficient (Wildman–Crippen LogP) is 4.58. The molecule has 0 bridgehead atoms. The summed E-state index contributed by atoms with van der Waals surface area (Å²) >= 11 is 4.64. The fourth-order valence-electron chi connectivity index (χ4n) is 2.49. The number of carbonyl (C=O) groups is 2.